The van der Waals surface area contributed by atoms with Crippen LogP contribution in [-0.4, -0.2) is 48.9 Å². The fourth-order valence-corrected chi connectivity index (χ4v) is 3.54. The monoisotopic (exact) mass is 423 g/mol. The van der Waals surface area contributed by atoms with Crippen molar-refractivity contribution in [1.29, 1.82) is 0 Å². The first-order valence-corrected chi connectivity index (χ1v) is 9.67. The number of fused-ring (bicyclic) bond motifs is 1. The Morgan fingerprint density at radius 3 is 2.90 bits per heavy atom. The number of nitrogens with one attached hydrogen (secondary N) is 1. The summed E-state index contributed by atoms with van der Waals surface area (Å²) in [5.74, 6) is -0.153. The lowest BCUT2D eigenvalue weighted by atomic mass is 10.0. The number of pyridine rings is 1. The van der Waals surface area contributed by atoms with Gasteiger partial charge >= 0.3 is 0 Å². The molecule has 0 radical (unpaired) electrons. The van der Waals surface area contributed by atoms with Crippen LogP contribution in [0.3, 0.4) is 0 Å². The van der Waals surface area contributed by atoms with Gasteiger partial charge in [0.15, 0.2) is 5.88 Å². The van der Waals surface area contributed by atoms with E-state index in [9.17, 15) is 14.6 Å². The van der Waals surface area contributed by atoms with E-state index < -0.39 is 11.9 Å². The van der Waals surface area contributed by atoms with Crippen molar-refractivity contribution in [1.82, 2.24) is 19.7 Å². The summed E-state index contributed by atoms with van der Waals surface area (Å²) in [6, 6.07) is 6.27. The third-order valence-corrected chi connectivity index (χ3v) is 4.84. The van der Waals surface area contributed by atoms with E-state index in [0.29, 0.717) is 45.9 Å². The van der Waals surface area contributed by atoms with Gasteiger partial charge in [-0.05, 0) is 32.0 Å². The Labute approximate surface area is 177 Å². The quantitative estimate of drug-likeness (QED) is 0.409. The molecular formula is C22H22FN5O3. The van der Waals surface area contributed by atoms with E-state index >= 15 is 0 Å². The fraction of sp³-hybridized carbons (Fsp3) is 0.227. The molecule has 4 rings (SSSR count). The van der Waals surface area contributed by atoms with E-state index in [1.807, 2.05) is 0 Å². The van der Waals surface area contributed by atoms with Gasteiger partial charge in [0, 0.05) is 5.39 Å². The van der Waals surface area contributed by atoms with Gasteiger partial charge in [-0.1, -0.05) is 6.07 Å². The van der Waals surface area contributed by atoms with Crippen LogP contribution in [0.15, 0.2) is 47.8 Å². The number of hydrogen-bond donors (Lipinski definition) is 3. The highest BCUT2D eigenvalue weighted by molar-refractivity contribution is 6.13. The van der Waals surface area contributed by atoms with E-state index in [4.69, 9.17) is 4.74 Å². The van der Waals surface area contributed by atoms with Crippen molar-refractivity contribution < 1.29 is 19.3 Å². The van der Waals surface area contributed by atoms with Crippen LogP contribution in [0, 0.1) is 5.82 Å². The number of hydrogen-bond acceptors (Lipinski definition) is 6. The summed E-state index contributed by atoms with van der Waals surface area (Å²) in [5.41, 5.74) is 2.81. The third-order valence-electron chi connectivity index (χ3n) is 4.84. The molecule has 1 atom stereocenters. The van der Waals surface area contributed by atoms with E-state index in [0.717, 1.165) is 0 Å². The van der Waals surface area contributed by atoms with Crippen molar-refractivity contribution in [3.63, 3.8) is 0 Å². The van der Waals surface area contributed by atoms with E-state index in [2.05, 4.69) is 20.1 Å². The lowest BCUT2D eigenvalue weighted by Gasteiger charge is -2.09. The number of aliphatic hydroxyl groups is 1. The molecule has 3 heterocycles. The van der Waals surface area contributed by atoms with Crippen molar-refractivity contribution >= 4 is 22.3 Å². The molecule has 1 aromatic carbocycles. The second kappa shape index (κ2) is 8.19. The molecule has 3 aromatic heterocycles. The number of halogens is 1. The van der Waals surface area contributed by atoms with Gasteiger partial charge in [0.25, 0.3) is 0 Å². The minimum absolute atomic E-state index is 0.0629. The summed E-state index contributed by atoms with van der Waals surface area (Å²) in [5, 5.41) is 24.8. The van der Waals surface area contributed by atoms with Gasteiger partial charge in [-0.2, -0.15) is 5.10 Å². The van der Waals surface area contributed by atoms with Gasteiger partial charge in [-0.3, -0.25) is 9.67 Å². The summed E-state index contributed by atoms with van der Waals surface area (Å²) < 4.78 is 21.4. The number of benzene rings is 1. The van der Waals surface area contributed by atoms with Crippen LogP contribution in [0.25, 0.3) is 22.2 Å². The third kappa shape index (κ3) is 3.99. The molecule has 0 aliphatic heterocycles. The van der Waals surface area contributed by atoms with Gasteiger partial charge < -0.3 is 19.9 Å². The summed E-state index contributed by atoms with van der Waals surface area (Å²) >= 11 is 0. The number of nitrogens with zero attached hydrogens (tertiary/aromatic N) is 4. The van der Waals surface area contributed by atoms with Gasteiger partial charge in [0.2, 0.25) is 0 Å². The number of aliphatic imine (C=N–C) groups is 1. The Kier molecular flexibility index (Phi) is 5.43. The zero-order valence-electron chi connectivity index (χ0n) is 17.3. The van der Waals surface area contributed by atoms with Crippen LogP contribution < -0.4 is 4.74 Å². The van der Waals surface area contributed by atoms with Gasteiger partial charge in [-0.15, -0.1) is 0 Å². The molecule has 0 aliphatic rings. The summed E-state index contributed by atoms with van der Waals surface area (Å²) in [4.78, 5) is 11.8. The van der Waals surface area contributed by atoms with Gasteiger partial charge in [-0.25, -0.2) is 9.38 Å². The fourth-order valence-electron chi connectivity index (χ4n) is 3.54. The Bertz CT molecular complexity index is 1280. The first-order valence-electron chi connectivity index (χ1n) is 9.67. The molecule has 4 aromatic rings. The molecule has 160 valence electrons. The zero-order valence-corrected chi connectivity index (χ0v) is 17.3. The predicted octanol–water partition coefficient (Wildman–Crippen LogP) is 3.80. The van der Waals surface area contributed by atoms with Gasteiger partial charge in [0.05, 0.1) is 66.4 Å². The number of H-pyrrole nitrogens is 1. The van der Waals surface area contributed by atoms with E-state index in [1.165, 1.54) is 19.4 Å². The first kappa shape index (κ1) is 20.5. The summed E-state index contributed by atoms with van der Waals surface area (Å²) in [6.45, 7) is 3.79. The number of aromatic nitrogens is 4. The summed E-state index contributed by atoms with van der Waals surface area (Å²) in [7, 11) is 1.47. The molecule has 0 amide bonds. The van der Waals surface area contributed by atoms with E-state index in [-0.39, 0.29) is 11.4 Å². The van der Waals surface area contributed by atoms with Crippen LogP contribution in [0.1, 0.15) is 19.4 Å². The molecule has 3 N–H and O–H groups in total. The Morgan fingerprint density at radius 2 is 2.16 bits per heavy atom. The minimum atomic E-state index is -0.531. The SMILES string of the molecule is COc1cccc(F)c1-c1cc2c(C(C)=Nc3cnn(CC(C)O)c3)c(O)[nH]c2cn1. The number of aliphatic hydroxyl groups excluding tert-OH is 1. The Balaban J connectivity index is 1.79. The predicted molar refractivity (Wildman–Crippen MR) is 115 cm³/mol. The molecule has 0 bridgehead atoms. The lowest BCUT2D eigenvalue weighted by Crippen LogP contribution is -2.11. The van der Waals surface area contributed by atoms with Crippen LogP contribution in [0.5, 0.6) is 11.6 Å². The normalized spacial score (nSPS) is 13.0. The molecule has 0 aliphatic carbocycles. The molecule has 9 heteroatoms. The highest BCUT2D eigenvalue weighted by Gasteiger charge is 2.18. The van der Waals surface area contributed by atoms with Crippen LogP contribution in [0.2, 0.25) is 0 Å². The van der Waals surface area contributed by atoms with Crippen molar-refractivity contribution in [3.8, 4) is 22.9 Å². The number of rotatable bonds is 6. The largest absolute Gasteiger partial charge is 0.496 e. The molecule has 0 saturated carbocycles. The maximum atomic E-state index is 14.5. The van der Waals surface area contributed by atoms with Crippen molar-refractivity contribution in [2.75, 3.05) is 7.11 Å². The standard InChI is InChI=1S/C22H22FN5O3/c1-12(29)10-28-11-14(8-25-28)26-13(2)20-15-7-17(24-9-18(15)27-22(20)30)21-16(23)5-4-6-19(21)31-3/h4-9,11-12,27,29-30H,10H2,1-3H3. The number of ether oxygens (including phenoxy) is 1. The van der Waals surface area contributed by atoms with Crippen LogP contribution >= 0.6 is 0 Å². The van der Waals surface area contributed by atoms with Crippen molar-refractivity contribution in [2.45, 2.75) is 26.5 Å². The number of aromatic hydroxyl groups is 1. The summed E-state index contributed by atoms with van der Waals surface area (Å²) in [6.07, 6.45) is 4.29. The molecule has 1 unspecified atom stereocenters. The van der Waals surface area contributed by atoms with Crippen LogP contribution in [-0.2, 0) is 6.54 Å². The number of methoxy groups -OCH3 is 1. The maximum absolute atomic E-state index is 14.5. The second-order valence-electron chi connectivity index (χ2n) is 7.25. The molecule has 8 nitrogen and oxygen atoms in total. The maximum Gasteiger partial charge on any atom is 0.198 e. The molecular weight excluding hydrogens is 401 g/mol. The Hall–Kier alpha value is -3.72. The second-order valence-corrected chi connectivity index (χ2v) is 7.25. The molecule has 0 spiro atoms. The lowest BCUT2D eigenvalue weighted by molar-refractivity contribution is 0.168. The number of aromatic amines is 1. The average Bonchev–Trinajstić information content (AvgIpc) is 3.29. The zero-order chi connectivity index (χ0) is 22.1. The average molecular weight is 423 g/mol. The molecule has 31 heavy (non-hydrogen) atoms. The topological polar surface area (TPSA) is 109 Å². The smallest absolute Gasteiger partial charge is 0.198 e. The van der Waals surface area contributed by atoms with Crippen LogP contribution in [0.4, 0.5) is 10.1 Å². The molecule has 0 saturated heterocycles. The highest BCUT2D eigenvalue weighted by atomic mass is 19.1. The molecule has 0 fully saturated rings. The minimum Gasteiger partial charge on any atom is -0.496 e. The van der Waals surface area contributed by atoms with Crippen molar-refractivity contribution in [3.05, 3.63) is 54.2 Å². The van der Waals surface area contributed by atoms with E-state index in [1.54, 1.807) is 49.1 Å². The highest BCUT2D eigenvalue weighted by Crippen LogP contribution is 2.35. The first-order chi connectivity index (χ1) is 14.9. The van der Waals surface area contributed by atoms with Crippen molar-refractivity contribution in [2.24, 2.45) is 4.99 Å². The van der Waals surface area contributed by atoms with Gasteiger partial charge in [0.1, 0.15) is 17.3 Å². The Morgan fingerprint density at radius 1 is 1.35 bits per heavy atom.